The van der Waals surface area contributed by atoms with Gasteiger partial charge >= 0.3 is 0 Å². The molecule has 1 N–H and O–H groups in total. The maximum Gasteiger partial charge on any atom is 0.257 e. The third kappa shape index (κ3) is 5.50. The van der Waals surface area contributed by atoms with E-state index in [4.69, 9.17) is 0 Å². The third-order valence-corrected chi connectivity index (χ3v) is 6.45. The minimum absolute atomic E-state index is 0.0517. The molecule has 1 aliphatic rings. The first-order valence-corrected chi connectivity index (χ1v) is 12.3. The molecule has 0 unspecified atom stereocenters. The van der Waals surface area contributed by atoms with Gasteiger partial charge in [-0.25, -0.2) is 9.97 Å². The number of piperazine rings is 1. The molecule has 9 heteroatoms. The summed E-state index contributed by atoms with van der Waals surface area (Å²) in [6.45, 7) is 6.57. The first kappa shape index (κ1) is 24.2. The van der Waals surface area contributed by atoms with Crippen LogP contribution in [0.3, 0.4) is 0 Å². The van der Waals surface area contributed by atoms with E-state index in [1.54, 1.807) is 17.1 Å². The summed E-state index contributed by atoms with van der Waals surface area (Å²) in [4.78, 5) is 38.8. The number of nitrogens with zero attached hydrogens (tertiary/aromatic N) is 6. The van der Waals surface area contributed by atoms with Crippen molar-refractivity contribution in [3.05, 3.63) is 90.0 Å². The summed E-state index contributed by atoms with van der Waals surface area (Å²) in [5, 5.41) is 7.31. The second-order valence-corrected chi connectivity index (χ2v) is 9.09. The van der Waals surface area contributed by atoms with Crippen molar-refractivity contribution in [2.24, 2.45) is 0 Å². The van der Waals surface area contributed by atoms with Gasteiger partial charge < -0.3 is 15.1 Å². The van der Waals surface area contributed by atoms with Gasteiger partial charge in [-0.1, -0.05) is 42.5 Å². The molecular weight excluding hydrogens is 466 g/mol. The van der Waals surface area contributed by atoms with Crippen LogP contribution in [0.15, 0.2) is 73.1 Å². The van der Waals surface area contributed by atoms with Crippen LogP contribution in [0.4, 0.5) is 11.4 Å². The smallest absolute Gasteiger partial charge is 0.257 e. The lowest BCUT2D eigenvalue weighted by atomic mass is 10.1. The average molecular weight is 496 g/mol. The molecule has 188 valence electrons. The van der Waals surface area contributed by atoms with Crippen LogP contribution in [0.25, 0.3) is 11.4 Å². The summed E-state index contributed by atoms with van der Waals surface area (Å²) in [6, 6.07) is 19.2. The summed E-state index contributed by atoms with van der Waals surface area (Å²) < 4.78 is 1.75. The lowest BCUT2D eigenvalue weighted by molar-refractivity contribution is -0.132. The number of amides is 2. The van der Waals surface area contributed by atoms with Crippen LogP contribution >= 0.6 is 0 Å². The number of rotatable bonds is 6. The van der Waals surface area contributed by atoms with Crippen molar-refractivity contribution in [1.29, 1.82) is 0 Å². The zero-order valence-electron chi connectivity index (χ0n) is 21.0. The fraction of sp³-hybridized carbons (Fsp3) is 0.250. The molecule has 4 aromatic rings. The number of anilines is 2. The minimum Gasteiger partial charge on any atom is -0.367 e. The molecule has 37 heavy (non-hydrogen) atoms. The molecule has 2 amide bonds. The Morgan fingerprint density at radius 3 is 2.24 bits per heavy atom. The molecule has 0 saturated carbocycles. The van der Waals surface area contributed by atoms with Gasteiger partial charge in [-0.2, -0.15) is 5.10 Å². The van der Waals surface area contributed by atoms with E-state index in [2.05, 4.69) is 25.3 Å². The van der Waals surface area contributed by atoms with E-state index in [-0.39, 0.29) is 18.4 Å². The Labute approximate surface area is 215 Å². The Morgan fingerprint density at radius 1 is 0.892 bits per heavy atom. The molecule has 2 aromatic carbocycles. The van der Waals surface area contributed by atoms with E-state index in [9.17, 15) is 9.59 Å². The van der Waals surface area contributed by atoms with E-state index in [1.807, 2.05) is 79.4 Å². The molecule has 0 radical (unpaired) electrons. The Bertz CT molecular complexity index is 1390. The van der Waals surface area contributed by atoms with Gasteiger partial charge in [0.1, 0.15) is 6.54 Å². The van der Waals surface area contributed by atoms with Gasteiger partial charge in [0.2, 0.25) is 5.91 Å². The fourth-order valence-electron chi connectivity index (χ4n) is 4.53. The van der Waals surface area contributed by atoms with Crippen LogP contribution in [0.5, 0.6) is 0 Å². The van der Waals surface area contributed by atoms with Crippen LogP contribution in [0.1, 0.15) is 21.7 Å². The van der Waals surface area contributed by atoms with Gasteiger partial charge in [0.05, 0.1) is 29.3 Å². The molecule has 9 nitrogen and oxygen atoms in total. The van der Waals surface area contributed by atoms with Gasteiger partial charge in [0, 0.05) is 43.1 Å². The number of carbonyl (C=O) groups is 2. The summed E-state index contributed by atoms with van der Waals surface area (Å²) >= 11 is 0. The largest absolute Gasteiger partial charge is 0.367 e. The second kappa shape index (κ2) is 10.6. The monoisotopic (exact) mass is 495 g/mol. The third-order valence-electron chi connectivity index (χ3n) is 6.45. The molecule has 0 aliphatic carbocycles. The average Bonchev–Trinajstić information content (AvgIpc) is 3.25. The predicted octanol–water partition coefficient (Wildman–Crippen LogP) is 3.56. The highest BCUT2D eigenvalue weighted by Crippen LogP contribution is 2.24. The Balaban J connectivity index is 1.22. The maximum absolute atomic E-state index is 13.2. The molecule has 1 fully saturated rings. The van der Waals surface area contributed by atoms with Gasteiger partial charge in [0.15, 0.2) is 5.82 Å². The summed E-state index contributed by atoms with van der Waals surface area (Å²) in [6.07, 6.45) is 3.23. The van der Waals surface area contributed by atoms with Crippen molar-refractivity contribution in [3.63, 3.8) is 0 Å². The van der Waals surface area contributed by atoms with E-state index in [0.717, 1.165) is 22.6 Å². The number of hydrogen-bond donors (Lipinski definition) is 1. The van der Waals surface area contributed by atoms with E-state index >= 15 is 0 Å². The number of aromatic nitrogens is 4. The van der Waals surface area contributed by atoms with Gasteiger partial charge in [-0.05, 0) is 32.0 Å². The molecule has 0 bridgehead atoms. The maximum atomic E-state index is 13.2. The minimum atomic E-state index is -0.227. The van der Waals surface area contributed by atoms with Crippen LogP contribution in [-0.4, -0.2) is 62.6 Å². The summed E-state index contributed by atoms with van der Waals surface area (Å²) in [5.74, 6) is 0.426. The number of nitrogens with one attached hydrogen (secondary N) is 1. The molecule has 2 aromatic heterocycles. The highest BCUT2D eigenvalue weighted by Gasteiger charge is 2.24. The van der Waals surface area contributed by atoms with Crippen LogP contribution in [0, 0.1) is 13.8 Å². The van der Waals surface area contributed by atoms with Crippen molar-refractivity contribution >= 4 is 23.2 Å². The Morgan fingerprint density at radius 2 is 1.57 bits per heavy atom. The normalized spacial score (nSPS) is 13.5. The SMILES string of the molecule is Cc1cc(C)n(CC(=O)N2CCN(c3ccccc3C(=O)Nc3cnc(-c4ccccc4)nc3)CC2)n1. The first-order chi connectivity index (χ1) is 18.0. The molecular formula is C28H29N7O2. The standard InChI is InChI=1S/C28H29N7O2/c1-20-16-21(2)35(32-20)19-26(36)34-14-12-33(13-15-34)25-11-7-6-10-24(25)28(37)31-23-17-29-27(30-18-23)22-8-4-3-5-9-22/h3-11,16-18H,12-15,19H2,1-2H3,(H,31,37). The van der Waals surface area contributed by atoms with Gasteiger partial charge in [-0.3, -0.25) is 14.3 Å². The number of benzene rings is 2. The lowest BCUT2D eigenvalue weighted by Crippen LogP contribution is -2.50. The van der Waals surface area contributed by atoms with Gasteiger partial charge in [-0.15, -0.1) is 0 Å². The van der Waals surface area contributed by atoms with Gasteiger partial charge in [0.25, 0.3) is 5.91 Å². The summed E-state index contributed by atoms with van der Waals surface area (Å²) in [5.41, 5.74) is 4.73. The Kier molecular flexibility index (Phi) is 6.93. The highest BCUT2D eigenvalue weighted by molar-refractivity contribution is 6.08. The molecule has 1 saturated heterocycles. The van der Waals surface area contributed by atoms with Crippen molar-refractivity contribution in [2.75, 3.05) is 36.4 Å². The van der Waals surface area contributed by atoms with E-state index < -0.39 is 0 Å². The highest BCUT2D eigenvalue weighted by atomic mass is 16.2. The van der Waals surface area contributed by atoms with Crippen molar-refractivity contribution in [1.82, 2.24) is 24.6 Å². The van der Waals surface area contributed by atoms with Crippen LogP contribution < -0.4 is 10.2 Å². The van der Waals surface area contributed by atoms with Crippen LogP contribution in [-0.2, 0) is 11.3 Å². The van der Waals surface area contributed by atoms with Crippen LogP contribution in [0.2, 0.25) is 0 Å². The number of para-hydroxylation sites is 1. The summed E-state index contributed by atoms with van der Waals surface area (Å²) in [7, 11) is 0. The van der Waals surface area contributed by atoms with Crippen molar-refractivity contribution in [3.8, 4) is 11.4 Å². The molecule has 0 spiro atoms. The first-order valence-electron chi connectivity index (χ1n) is 12.3. The van der Waals surface area contributed by atoms with E-state index in [1.165, 1.54) is 0 Å². The fourth-order valence-corrected chi connectivity index (χ4v) is 4.53. The molecule has 5 rings (SSSR count). The number of hydrogen-bond acceptors (Lipinski definition) is 6. The topological polar surface area (TPSA) is 96.2 Å². The zero-order chi connectivity index (χ0) is 25.8. The predicted molar refractivity (Wildman–Crippen MR) is 142 cm³/mol. The number of carbonyl (C=O) groups excluding carboxylic acids is 2. The van der Waals surface area contributed by atoms with Crippen molar-refractivity contribution < 1.29 is 9.59 Å². The zero-order valence-corrected chi connectivity index (χ0v) is 21.0. The van der Waals surface area contributed by atoms with Crippen molar-refractivity contribution in [2.45, 2.75) is 20.4 Å². The molecule has 0 atom stereocenters. The molecule has 3 heterocycles. The quantitative estimate of drug-likeness (QED) is 0.439. The van der Waals surface area contributed by atoms with E-state index in [0.29, 0.717) is 43.3 Å². The lowest BCUT2D eigenvalue weighted by Gasteiger charge is -2.37. The number of aryl methyl sites for hydroxylation is 2. The Hall–Kier alpha value is -4.53. The second-order valence-electron chi connectivity index (χ2n) is 9.09. The molecule has 1 aliphatic heterocycles.